The molecule has 0 radical (unpaired) electrons. The van der Waals surface area contributed by atoms with Crippen LogP contribution in [0, 0.1) is 0 Å². The summed E-state index contributed by atoms with van der Waals surface area (Å²) in [5.74, 6) is -0.164. The van der Waals surface area contributed by atoms with Crippen LogP contribution in [0.15, 0.2) is 23.3 Å². The Hall–Kier alpha value is -2.24. The van der Waals surface area contributed by atoms with Crippen LogP contribution in [-0.2, 0) is 4.74 Å². The van der Waals surface area contributed by atoms with Gasteiger partial charge in [0.15, 0.2) is 0 Å². The number of phenolic OH excluding ortho intramolecular Hbond substituents is 2. The van der Waals surface area contributed by atoms with E-state index in [2.05, 4.69) is 15.3 Å². The van der Waals surface area contributed by atoms with Crippen LogP contribution >= 0.6 is 0 Å². The number of phenols is 2. The van der Waals surface area contributed by atoms with Gasteiger partial charge in [0.1, 0.15) is 11.5 Å². The minimum absolute atomic E-state index is 0.0463. The van der Waals surface area contributed by atoms with Gasteiger partial charge in [-0.3, -0.25) is 0 Å². The molecule has 0 atom stereocenters. The van der Waals surface area contributed by atoms with E-state index in [0.717, 1.165) is 0 Å². The zero-order valence-corrected chi connectivity index (χ0v) is 8.89. The number of nitrogens with zero attached hydrogens (tertiary/aromatic N) is 1. The molecule has 0 aromatic heterocycles. The Balaban J connectivity index is 2.87. The van der Waals surface area contributed by atoms with Crippen LogP contribution in [0.5, 0.6) is 11.5 Å². The number of hydrazone groups is 1. The second kappa shape index (κ2) is 5.01. The van der Waals surface area contributed by atoms with Gasteiger partial charge >= 0.3 is 6.09 Å². The molecule has 0 saturated carbocycles. The van der Waals surface area contributed by atoms with Crippen LogP contribution in [0.3, 0.4) is 0 Å². The van der Waals surface area contributed by atoms with E-state index in [0.29, 0.717) is 11.3 Å². The van der Waals surface area contributed by atoms with Crippen molar-refractivity contribution in [3.8, 4) is 11.5 Å². The molecule has 1 aromatic carbocycles. The molecule has 1 amide bonds. The van der Waals surface area contributed by atoms with E-state index in [-0.39, 0.29) is 11.5 Å². The van der Waals surface area contributed by atoms with Crippen molar-refractivity contribution in [3.63, 3.8) is 0 Å². The summed E-state index contributed by atoms with van der Waals surface area (Å²) in [7, 11) is 1.22. The van der Waals surface area contributed by atoms with Gasteiger partial charge in [0.2, 0.25) is 0 Å². The lowest BCUT2D eigenvalue weighted by Crippen LogP contribution is -2.18. The molecule has 0 fully saturated rings. The maximum atomic E-state index is 10.7. The molecular weight excluding hydrogens is 212 g/mol. The van der Waals surface area contributed by atoms with Gasteiger partial charge in [-0.2, -0.15) is 5.10 Å². The summed E-state index contributed by atoms with van der Waals surface area (Å²) in [5.41, 5.74) is 2.93. The van der Waals surface area contributed by atoms with Gasteiger partial charge in [0, 0.05) is 11.6 Å². The number of carbonyl (C=O) groups excluding carboxylic acids is 1. The second-order valence-corrected chi connectivity index (χ2v) is 3.00. The maximum absolute atomic E-state index is 10.7. The number of methoxy groups -OCH3 is 1. The van der Waals surface area contributed by atoms with Gasteiger partial charge < -0.3 is 14.9 Å². The van der Waals surface area contributed by atoms with Crippen molar-refractivity contribution in [3.05, 3.63) is 23.8 Å². The topological polar surface area (TPSA) is 91.2 Å². The quantitative estimate of drug-likeness (QED) is 0.519. The Kier molecular flexibility index (Phi) is 3.71. The average molecular weight is 224 g/mol. The normalized spacial score (nSPS) is 11.0. The Morgan fingerprint density at radius 2 is 2.12 bits per heavy atom. The molecular formula is C10H12N2O4. The van der Waals surface area contributed by atoms with Crippen LogP contribution in [0.4, 0.5) is 4.79 Å². The lowest BCUT2D eigenvalue weighted by Gasteiger charge is -2.04. The number of hydrogen-bond donors (Lipinski definition) is 3. The lowest BCUT2D eigenvalue weighted by molar-refractivity contribution is 0.171. The molecule has 0 aliphatic carbocycles. The van der Waals surface area contributed by atoms with E-state index in [1.807, 2.05) is 0 Å². The van der Waals surface area contributed by atoms with E-state index < -0.39 is 6.09 Å². The highest BCUT2D eigenvalue weighted by Gasteiger charge is 2.06. The van der Waals surface area contributed by atoms with Gasteiger partial charge in [0.05, 0.1) is 12.8 Å². The molecule has 3 N–H and O–H groups in total. The number of benzene rings is 1. The van der Waals surface area contributed by atoms with Gasteiger partial charge in [-0.15, -0.1) is 0 Å². The Morgan fingerprint density at radius 1 is 1.44 bits per heavy atom. The summed E-state index contributed by atoms with van der Waals surface area (Å²) in [6.45, 7) is 1.60. The van der Waals surface area contributed by atoms with Crippen molar-refractivity contribution < 1.29 is 19.7 Å². The maximum Gasteiger partial charge on any atom is 0.427 e. The summed E-state index contributed by atoms with van der Waals surface area (Å²) < 4.78 is 4.33. The monoisotopic (exact) mass is 224 g/mol. The Bertz CT molecular complexity index is 429. The lowest BCUT2D eigenvalue weighted by atomic mass is 10.1. The van der Waals surface area contributed by atoms with Crippen LogP contribution in [0.2, 0.25) is 0 Å². The van der Waals surface area contributed by atoms with Gasteiger partial charge in [-0.1, -0.05) is 0 Å². The summed E-state index contributed by atoms with van der Waals surface area (Å²) >= 11 is 0. The first-order valence-electron chi connectivity index (χ1n) is 4.45. The molecule has 0 unspecified atom stereocenters. The molecule has 0 saturated heterocycles. The number of aromatic hydroxyl groups is 2. The number of rotatable bonds is 2. The fourth-order valence-electron chi connectivity index (χ4n) is 1.06. The second-order valence-electron chi connectivity index (χ2n) is 3.00. The third-order valence-corrected chi connectivity index (χ3v) is 1.87. The molecule has 6 nitrogen and oxygen atoms in total. The van der Waals surface area contributed by atoms with Crippen LogP contribution in [0.1, 0.15) is 12.5 Å². The largest absolute Gasteiger partial charge is 0.508 e. The molecule has 0 spiro atoms. The summed E-state index contributed by atoms with van der Waals surface area (Å²) in [5, 5.41) is 22.3. The van der Waals surface area contributed by atoms with Gasteiger partial charge in [-0.05, 0) is 19.1 Å². The highest BCUT2D eigenvalue weighted by atomic mass is 16.5. The first kappa shape index (κ1) is 11.8. The predicted octanol–water partition coefficient (Wildman–Crippen LogP) is 1.18. The van der Waals surface area contributed by atoms with Crippen molar-refractivity contribution in [2.24, 2.45) is 5.10 Å². The summed E-state index contributed by atoms with van der Waals surface area (Å²) in [6, 6.07) is 4.08. The van der Waals surface area contributed by atoms with E-state index in [9.17, 15) is 9.90 Å². The first-order chi connectivity index (χ1) is 7.54. The molecule has 6 heteroatoms. The first-order valence-corrected chi connectivity index (χ1v) is 4.45. The van der Waals surface area contributed by atoms with Crippen LogP contribution in [0.25, 0.3) is 0 Å². The molecule has 1 rings (SSSR count). The van der Waals surface area contributed by atoms with E-state index in [1.54, 1.807) is 6.92 Å². The third kappa shape index (κ3) is 2.88. The molecule has 0 heterocycles. The standard InChI is InChI=1S/C10H12N2O4/c1-6(11-12-10(15)16-2)8-4-3-7(13)5-9(8)14/h3-5,13-14H,1-2H3,(H,12,15). The minimum atomic E-state index is -0.697. The molecule has 0 aliphatic heterocycles. The molecule has 0 aliphatic rings. The number of nitrogens with one attached hydrogen (secondary N) is 1. The van der Waals surface area contributed by atoms with E-state index in [4.69, 9.17) is 5.11 Å². The number of ether oxygens (including phenoxy) is 1. The van der Waals surface area contributed by atoms with Crippen LogP contribution < -0.4 is 5.43 Å². The Morgan fingerprint density at radius 3 is 2.69 bits per heavy atom. The fraction of sp³-hybridized carbons (Fsp3) is 0.200. The SMILES string of the molecule is COC(=O)NN=C(C)c1ccc(O)cc1O. The van der Waals surface area contributed by atoms with Crippen molar-refractivity contribution in [1.82, 2.24) is 5.43 Å². The van der Waals surface area contributed by atoms with Crippen molar-refractivity contribution in [2.75, 3.05) is 7.11 Å². The highest BCUT2D eigenvalue weighted by molar-refractivity contribution is 6.01. The average Bonchev–Trinajstić information content (AvgIpc) is 2.25. The summed E-state index contributed by atoms with van der Waals surface area (Å²) in [6.07, 6.45) is -0.697. The zero-order chi connectivity index (χ0) is 12.1. The third-order valence-electron chi connectivity index (χ3n) is 1.87. The minimum Gasteiger partial charge on any atom is -0.508 e. The zero-order valence-electron chi connectivity index (χ0n) is 8.89. The highest BCUT2D eigenvalue weighted by Crippen LogP contribution is 2.22. The van der Waals surface area contributed by atoms with Gasteiger partial charge in [0.25, 0.3) is 0 Å². The van der Waals surface area contributed by atoms with Crippen molar-refractivity contribution in [2.45, 2.75) is 6.92 Å². The summed E-state index contributed by atoms with van der Waals surface area (Å²) in [4.78, 5) is 10.7. The molecule has 86 valence electrons. The molecule has 0 bridgehead atoms. The van der Waals surface area contributed by atoms with E-state index in [1.165, 1.54) is 25.3 Å². The van der Waals surface area contributed by atoms with Gasteiger partial charge in [-0.25, -0.2) is 10.2 Å². The van der Waals surface area contributed by atoms with Crippen molar-refractivity contribution in [1.29, 1.82) is 0 Å². The van der Waals surface area contributed by atoms with E-state index >= 15 is 0 Å². The number of hydrogen-bond acceptors (Lipinski definition) is 5. The number of carbonyl (C=O) groups is 1. The molecule has 1 aromatic rings. The fourth-order valence-corrected chi connectivity index (χ4v) is 1.06. The predicted molar refractivity (Wildman–Crippen MR) is 57.5 cm³/mol. The molecule has 16 heavy (non-hydrogen) atoms. The Labute approximate surface area is 92.2 Å². The number of amides is 1. The smallest absolute Gasteiger partial charge is 0.427 e. The van der Waals surface area contributed by atoms with Crippen LogP contribution in [-0.4, -0.2) is 29.1 Å². The van der Waals surface area contributed by atoms with Crippen molar-refractivity contribution >= 4 is 11.8 Å².